The second-order valence-electron chi connectivity index (χ2n) is 3.56. The highest BCUT2D eigenvalue weighted by atomic mass is 16.3. The molecule has 0 radical (unpaired) electrons. The van der Waals surface area contributed by atoms with Gasteiger partial charge in [-0.1, -0.05) is 5.92 Å². The van der Waals surface area contributed by atoms with Crippen molar-refractivity contribution in [2.75, 3.05) is 19.6 Å². The van der Waals surface area contributed by atoms with Crippen molar-refractivity contribution in [2.45, 2.75) is 25.9 Å². The number of likely N-dealkylation sites (tertiary alicyclic amines) is 1. The van der Waals surface area contributed by atoms with E-state index in [1.54, 1.807) is 0 Å². The van der Waals surface area contributed by atoms with Crippen LogP contribution in [0, 0.1) is 18.3 Å². The number of terminal acetylenes is 1. The van der Waals surface area contributed by atoms with Crippen LogP contribution in [-0.2, 0) is 0 Å². The van der Waals surface area contributed by atoms with Gasteiger partial charge in [-0.05, 0) is 38.8 Å². The molecule has 2 heteroatoms. The number of piperidine rings is 1. The van der Waals surface area contributed by atoms with E-state index in [-0.39, 0.29) is 6.10 Å². The highest BCUT2D eigenvalue weighted by molar-refractivity contribution is 4.89. The van der Waals surface area contributed by atoms with Crippen LogP contribution in [0.2, 0.25) is 0 Å². The summed E-state index contributed by atoms with van der Waals surface area (Å²) >= 11 is 0. The number of aliphatic hydroxyl groups is 1. The number of hydrogen-bond donors (Lipinski definition) is 1. The molecule has 1 saturated heterocycles. The van der Waals surface area contributed by atoms with Crippen molar-refractivity contribution in [2.24, 2.45) is 5.92 Å². The van der Waals surface area contributed by atoms with Crippen molar-refractivity contribution in [3.8, 4) is 12.3 Å². The Balaban J connectivity index is 2.26. The second-order valence-corrected chi connectivity index (χ2v) is 3.56. The molecule has 0 spiro atoms. The van der Waals surface area contributed by atoms with E-state index in [4.69, 9.17) is 6.42 Å². The van der Waals surface area contributed by atoms with Gasteiger partial charge in [0.05, 0.1) is 12.6 Å². The molecule has 1 aliphatic heterocycles. The Bertz CT molecular complexity index is 163. The van der Waals surface area contributed by atoms with E-state index < -0.39 is 0 Å². The maximum absolute atomic E-state index is 9.33. The summed E-state index contributed by atoms with van der Waals surface area (Å²) in [5, 5.41) is 9.33. The van der Waals surface area contributed by atoms with Gasteiger partial charge in [0.2, 0.25) is 0 Å². The molecule has 0 amide bonds. The molecular weight excluding hydrogens is 150 g/mol. The summed E-state index contributed by atoms with van der Waals surface area (Å²) in [6.07, 6.45) is 7.22. The number of nitrogens with zero attached hydrogens (tertiary/aromatic N) is 1. The Morgan fingerprint density at radius 2 is 2.17 bits per heavy atom. The molecule has 2 nitrogen and oxygen atoms in total. The van der Waals surface area contributed by atoms with E-state index in [0.717, 1.165) is 32.5 Å². The van der Waals surface area contributed by atoms with Crippen molar-refractivity contribution in [3.05, 3.63) is 0 Å². The highest BCUT2D eigenvalue weighted by Gasteiger charge is 2.21. The molecule has 1 heterocycles. The van der Waals surface area contributed by atoms with Gasteiger partial charge in [0.15, 0.2) is 0 Å². The van der Waals surface area contributed by atoms with Crippen molar-refractivity contribution < 1.29 is 5.11 Å². The average Bonchev–Trinajstić information content (AvgIpc) is 2.06. The van der Waals surface area contributed by atoms with Gasteiger partial charge in [0.1, 0.15) is 0 Å². The molecule has 1 fully saturated rings. The monoisotopic (exact) mass is 167 g/mol. The van der Waals surface area contributed by atoms with Crippen molar-refractivity contribution in [1.82, 2.24) is 4.90 Å². The summed E-state index contributed by atoms with van der Waals surface area (Å²) < 4.78 is 0. The zero-order valence-electron chi connectivity index (χ0n) is 7.66. The highest BCUT2D eigenvalue weighted by Crippen LogP contribution is 2.19. The Kier molecular flexibility index (Phi) is 3.58. The summed E-state index contributed by atoms with van der Waals surface area (Å²) in [6.45, 7) is 4.72. The molecule has 1 N–H and O–H groups in total. The molecule has 0 aromatic carbocycles. The first-order chi connectivity index (χ1) is 5.74. The van der Waals surface area contributed by atoms with Gasteiger partial charge < -0.3 is 5.11 Å². The van der Waals surface area contributed by atoms with Crippen molar-refractivity contribution in [1.29, 1.82) is 0 Å². The minimum atomic E-state index is -0.155. The van der Waals surface area contributed by atoms with Crippen LogP contribution < -0.4 is 0 Å². The fourth-order valence-corrected chi connectivity index (χ4v) is 1.72. The first kappa shape index (κ1) is 9.57. The minimum absolute atomic E-state index is 0.155. The average molecular weight is 167 g/mol. The van der Waals surface area contributed by atoms with Gasteiger partial charge in [-0.15, -0.1) is 6.42 Å². The molecule has 0 aliphatic carbocycles. The van der Waals surface area contributed by atoms with E-state index in [1.165, 1.54) is 0 Å². The topological polar surface area (TPSA) is 23.5 Å². The third-order valence-electron chi connectivity index (χ3n) is 2.63. The molecule has 1 rings (SSSR count). The Morgan fingerprint density at radius 3 is 2.58 bits per heavy atom. The fourth-order valence-electron chi connectivity index (χ4n) is 1.72. The van der Waals surface area contributed by atoms with Crippen LogP contribution in [0.25, 0.3) is 0 Å². The lowest BCUT2D eigenvalue weighted by Gasteiger charge is -2.31. The van der Waals surface area contributed by atoms with Crippen LogP contribution >= 0.6 is 0 Å². The standard InChI is InChI=1S/C10H17NO/c1-3-6-11-7-4-10(5-8-11)9(2)12/h1,9-10,12H,4-8H2,2H3. The van der Waals surface area contributed by atoms with E-state index in [9.17, 15) is 5.11 Å². The van der Waals surface area contributed by atoms with Gasteiger partial charge in [0, 0.05) is 0 Å². The Morgan fingerprint density at radius 1 is 1.58 bits per heavy atom. The van der Waals surface area contributed by atoms with E-state index >= 15 is 0 Å². The van der Waals surface area contributed by atoms with Gasteiger partial charge in [-0.2, -0.15) is 0 Å². The number of hydrogen-bond acceptors (Lipinski definition) is 2. The fraction of sp³-hybridized carbons (Fsp3) is 0.800. The molecule has 0 aromatic heterocycles. The summed E-state index contributed by atoms with van der Waals surface area (Å²) in [5.41, 5.74) is 0. The van der Waals surface area contributed by atoms with Gasteiger partial charge in [-0.25, -0.2) is 0 Å². The summed E-state index contributed by atoms with van der Waals surface area (Å²) in [6, 6.07) is 0. The van der Waals surface area contributed by atoms with E-state index in [0.29, 0.717) is 5.92 Å². The SMILES string of the molecule is C#CCN1CCC(C(C)O)CC1. The maximum atomic E-state index is 9.33. The zero-order valence-corrected chi connectivity index (χ0v) is 7.66. The minimum Gasteiger partial charge on any atom is -0.393 e. The van der Waals surface area contributed by atoms with Crippen LogP contribution in [0.4, 0.5) is 0 Å². The number of aliphatic hydroxyl groups excluding tert-OH is 1. The van der Waals surface area contributed by atoms with E-state index in [2.05, 4.69) is 10.8 Å². The molecule has 0 saturated carbocycles. The Hall–Kier alpha value is -0.520. The van der Waals surface area contributed by atoms with Crippen LogP contribution in [0.1, 0.15) is 19.8 Å². The molecule has 68 valence electrons. The third-order valence-corrected chi connectivity index (χ3v) is 2.63. The molecule has 1 aliphatic rings. The largest absolute Gasteiger partial charge is 0.393 e. The third kappa shape index (κ3) is 2.51. The van der Waals surface area contributed by atoms with Gasteiger partial charge >= 0.3 is 0 Å². The van der Waals surface area contributed by atoms with Crippen molar-refractivity contribution >= 4 is 0 Å². The molecule has 0 bridgehead atoms. The smallest absolute Gasteiger partial charge is 0.0598 e. The summed E-state index contributed by atoms with van der Waals surface area (Å²) in [7, 11) is 0. The first-order valence-corrected chi connectivity index (χ1v) is 4.58. The molecule has 12 heavy (non-hydrogen) atoms. The lowest BCUT2D eigenvalue weighted by molar-refractivity contribution is 0.0762. The van der Waals surface area contributed by atoms with Crippen LogP contribution in [-0.4, -0.2) is 35.7 Å². The molecule has 1 atom stereocenters. The molecular formula is C10H17NO. The van der Waals surface area contributed by atoms with E-state index in [1.807, 2.05) is 6.92 Å². The zero-order chi connectivity index (χ0) is 8.97. The van der Waals surface area contributed by atoms with Crippen LogP contribution in [0.5, 0.6) is 0 Å². The first-order valence-electron chi connectivity index (χ1n) is 4.58. The lowest BCUT2D eigenvalue weighted by Crippen LogP contribution is -2.37. The summed E-state index contributed by atoms with van der Waals surface area (Å²) in [5.74, 6) is 3.13. The normalized spacial score (nSPS) is 23.4. The lowest BCUT2D eigenvalue weighted by atomic mass is 9.92. The quantitative estimate of drug-likeness (QED) is 0.612. The second kappa shape index (κ2) is 4.49. The van der Waals surface area contributed by atoms with Crippen LogP contribution in [0.15, 0.2) is 0 Å². The summed E-state index contributed by atoms with van der Waals surface area (Å²) in [4.78, 5) is 2.26. The van der Waals surface area contributed by atoms with Gasteiger partial charge in [0.25, 0.3) is 0 Å². The number of rotatable bonds is 2. The predicted molar refractivity (Wildman–Crippen MR) is 49.7 cm³/mol. The van der Waals surface area contributed by atoms with Gasteiger partial charge in [-0.3, -0.25) is 4.90 Å². The predicted octanol–water partition coefficient (Wildman–Crippen LogP) is 0.712. The molecule has 1 unspecified atom stereocenters. The maximum Gasteiger partial charge on any atom is 0.0598 e. The Labute approximate surface area is 74.6 Å². The van der Waals surface area contributed by atoms with Crippen LogP contribution in [0.3, 0.4) is 0 Å². The molecule has 0 aromatic rings. The van der Waals surface area contributed by atoms with Crippen molar-refractivity contribution in [3.63, 3.8) is 0 Å².